The van der Waals surface area contributed by atoms with Crippen molar-refractivity contribution in [3.05, 3.63) is 35.9 Å². The van der Waals surface area contributed by atoms with Crippen molar-refractivity contribution >= 4 is 0 Å². The van der Waals surface area contributed by atoms with Crippen LogP contribution in [0.1, 0.15) is 31.6 Å². The summed E-state index contributed by atoms with van der Waals surface area (Å²) in [5, 5.41) is 0. The molecule has 2 N–H and O–H groups in total. The van der Waals surface area contributed by atoms with E-state index in [2.05, 4.69) is 6.92 Å². The van der Waals surface area contributed by atoms with Crippen molar-refractivity contribution in [1.82, 2.24) is 0 Å². The van der Waals surface area contributed by atoms with Crippen molar-refractivity contribution in [2.75, 3.05) is 20.3 Å². The van der Waals surface area contributed by atoms with Crippen molar-refractivity contribution in [3.8, 4) is 0 Å². The first-order valence-corrected chi connectivity index (χ1v) is 8.62. The topological polar surface area (TPSA) is 72.2 Å². The van der Waals surface area contributed by atoms with Crippen molar-refractivity contribution in [2.45, 2.75) is 56.7 Å². The normalized spacial score (nSPS) is 36.3. The van der Waals surface area contributed by atoms with Crippen LogP contribution in [0.15, 0.2) is 30.3 Å². The van der Waals surface area contributed by atoms with E-state index in [1.54, 1.807) is 7.11 Å². The van der Waals surface area contributed by atoms with E-state index in [1.165, 1.54) is 0 Å². The molecule has 3 rings (SSSR count). The average molecular weight is 337 g/mol. The second kappa shape index (κ2) is 8.38. The van der Waals surface area contributed by atoms with Gasteiger partial charge in [-0.05, 0) is 6.42 Å². The minimum atomic E-state index is -0.515. The summed E-state index contributed by atoms with van der Waals surface area (Å²) in [7, 11) is 1.59. The molecule has 6 heteroatoms. The van der Waals surface area contributed by atoms with Gasteiger partial charge in [-0.2, -0.15) is 0 Å². The van der Waals surface area contributed by atoms with Crippen LogP contribution >= 0.6 is 0 Å². The maximum absolute atomic E-state index is 6.31. The fourth-order valence-electron chi connectivity index (χ4n) is 3.16. The number of fused-ring (bicyclic) bond motifs is 1. The lowest BCUT2D eigenvalue weighted by Crippen LogP contribution is -2.65. The van der Waals surface area contributed by atoms with E-state index >= 15 is 0 Å². The van der Waals surface area contributed by atoms with E-state index in [0.29, 0.717) is 13.2 Å². The number of unbranched alkanes of at least 4 members (excludes halogenated alkanes) is 1. The van der Waals surface area contributed by atoms with Gasteiger partial charge in [0, 0.05) is 19.3 Å². The number of hydrogen-bond donors (Lipinski definition) is 1. The van der Waals surface area contributed by atoms with Crippen LogP contribution in [0.3, 0.4) is 0 Å². The number of methoxy groups -OCH3 is 1. The summed E-state index contributed by atoms with van der Waals surface area (Å²) in [6, 6.07) is 9.47. The largest absolute Gasteiger partial charge is 0.374 e. The molecule has 1 aromatic rings. The molecule has 0 bridgehead atoms. The van der Waals surface area contributed by atoms with Crippen LogP contribution < -0.4 is 5.73 Å². The first kappa shape index (κ1) is 17.8. The van der Waals surface area contributed by atoms with E-state index in [9.17, 15) is 0 Å². The molecule has 134 valence electrons. The third-order valence-corrected chi connectivity index (χ3v) is 4.50. The Morgan fingerprint density at radius 1 is 1.21 bits per heavy atom. The van der Waals surface area contributed by atoms with Crippen LogP contribution in [-0.4, -0.2) is 51.0 Å². The summed E-state index contributed by atoms with van der Waals surface area (Å²) in [4.78, 5) is 0. The van der Waals surface area contributed by atoms with E-state index in [0.717, 1.165) is 18.4 Å². The molecule has 3 unspecified atom stereocenters. The van der Waals surface area contributed by atoms with Crippen LogP contribution in [0.2, 0.25) is 0 Å². The van der Waals surface area contributed by atoms with Crippen molar-refractivity contribution in [1.29, 1.82) is 0 Å². The molecule has 0 aromatic heterocycles. The Bertz CT molecular complexity index is 499. The highest BCUT2D eigenvalue weighted by Crippen LogP contribution is 2.34. The Morgan fingerprint density at radius 3 is 2.71 bits per heavy atom. The Kier molecular flexibility index (Phi) is 6.21. The van der Waals surface area contributed by atoms with E-state index in [-0.39, 0.29) is 18.3 Å². The summed E-state index contributed by atoms with van der Waals surface area (Å²) in [5.41, 5.74) is 7.29. The van der Waals surface area contributed by atoms with Crippen molar-refractivity contribution in [3.63, 3.8) is 0 Å². The Morgan fingerprint density at radius 2 is 2.00 bits per heavy atom. The van der Waals surface area contributed by atoms with Crippen LogP contribution in [-0.2, 0) is 23.7 Å². The number of ether oxygens (including phenoxy) is 5. The van der Waals surface area contributed by atoms with Gasteiger partial charge in [0.25, 0.3) is 0 Å². The number of benzene rings is 1. The summed E-state index contributed by atoms with van der Waals surface area (Å²) >= 11 is 0. The van der Waals surface area contributed by atoms with E-state index < -0.39 is 18.6 Å². The molecule has 2 aliphatic heterocycles. The minimum absolute atomic E-state index is 0.249. The molecular weight excluding hydrogens is 310 g/mol. The Balaban J connectivity index is 1.73. The van der Waals surface area contributed by atoms with Gasteiger partial charge >= 0.3 is 0 Å². The van der Waals surface area contributed by atoms with Gasteiger partial charge in [-0.15, -0.1) is 0 Å². The van der Waals surface area contributed by atoms with Crippen LogP contribution in [0.25, 0.3) is 0 Å². The molecule has 24 heavy (non-hydrogen) atoms. The quantitative estimate of drug-likeness (QED) is 0.801. The fraction of sp³-hybridized carbons (Fsp3) is 0.667. The Hall–Kier alpha value is -1.02. The lowest BCUT2D eigenvalue weighted by molar-refractivity contribution is -0.343. The first-order chi connectivity index (χ1) is 11.7. The molecule has 2 saturated heterocycles. The second-order valence-corrected chi connectivity index (χ2v) is 6.22. The lowest BCUT2D eigenvalue weighted by atomic mass is 9.96. The van der Waals surface area contributed by atoms with E-state index in [1.807, 2.05) is 30.3 Å². The molecule has 0 aliphatic carbocycles. The molecule has 6 nitrogen and oxygen atoms in total. The molecule has 0 saturated carbocycles. The first-order valence-electron chi connectivity index (χ1n) is 8.62. The smallest absolute Gasteiger partial charge is 0.184 e. The van der Waals surface area contributed by atoms with Crippen LogP contribution in [0.4, 0.5) is 0 Å². The zero-order valence-corrected chi connectivity index (χ0v) is 14.3. The van der Waals surface area contributed by atoms with Gasteiger partial charge < -0.3 is 29.4 Å². The van der Waals surface area contributed by atoms with Crippen molar-refractivity contribution in [2.24, 2.45) is 5.73 Å². The lowest BCUT2D eigenvalue weighted by Gasteiger charge is -2.48. The minimum Gasteiger partial charge on any atom is -0.374 e. The summed E-state index contributed by atoms with van der Waals surface area (Å²) in [6.07, 6.45) is 0.297. The molecule has 0 radical (unpaired) electrons. The zero-order chi connectivity index (χ0) is 16.9. The fourth-order valence-corrected chi connectivity index (χ4v) is 3.16. The number of nitrogens with two attached hydrogens (primary N) is 1. The molecule has 6 atom stereocenters. The highest BCUT2D eigenvalue weighted by molar-refractivity contribution is 5.16. The average Bonchev–Trinajstić information content (AvgIpc) is 2.63. The molecule has 2 fully saturated rings. The summed E-state index contributed by atoms with van der Waals surface area (Å²) in [6.45, 7) is 3.20. The number of rotatable bonds is 6. The summed E-state index contributed by atoms with van der Waals surface area (Å²) < 4.78 is 29.3. The van der Waals surface area contributed by atoms with Crippen molar-refractivity contribution < 1.29 is 23.7 Å². The molecule has 1 aromatic carbocycles. The second-order valence-electron chi connectivity index (χ2n) is 6.22. The van der Waals surface area contributed by atoms with Gasteiger partial charge in [0.05, 0.1) is 12.6 Å². The van der Waals surface area contributed by atoms with Gasteiger partial charge in [-0.3, -0.25) is 0 Å². The van der Waals surface area contributed by atoms with Crippen LogP contribution in [0, 0.1) is 0 Å². The highest BCUT2D eigenvalue weighted by atomic mass is 16.7. The molecule has 2 aliphatic rings. The maximum Gasteiger partial charge on any atom is 0.184 e. The standard InChI is InChI=1S/C18H27NO5/c1-3-4-10-21-16-14(19)18(20-2)23-13-11-22-17(24-15(13)16)12-8-6-5-7-9-12/h5-9,13-18H,3-4,10-11,19H2,1-2H3/t13?,14?,15-,16-,17?,18+/m1/s1. The zero-order valence-electron chi connectivity index (χ0n) is 14.3. The van der Waals surface area contributed by atoms with Gasteiger partial charge in [-0.1, -0.05) is 43.7 Å². The van der Waals surface area contributed by atoms with Gasteiger partial charge in [0.2, 0.25) is 0 Å². The predicted molar refractivity (Wildman–Crippen MR) is 88.3 cm³/mol. The maximum atomic E-state index is 6.31. The molecule has 2 heterocycles. The van der Waals surface area contributed by atoms with Crippen LogP contribution in [0.5, 0.6) is 0 Å². The Labute approximate surface area is 143 Å². The highest BCUT2D eigenvalue weighted by Gasteiger charge is 2.49. The third kappa shape index (κ3) is 3.79. The third-order valence-electron chi connectivity index (χ3n) is 4.50. The van der Waals surface area contributed by atoms with Gasteiger partial charge in [0.1, 0.15) is 18.3 Å². The van der Waals surface area contributed by atoms with E-state index in [4.69, 9.17) is 29.4 Å². The molecule has 0 spiro atoms. The molecule has 0 amide bonds. The number of hydrogen-bond acceptors (Lipinski definition) is 6. The molecular formula is C18H27NO5. The van der Waals surface area contributed by atoms with Gasteiger partial charge in [0.15, 0.2) is 12.6 Å². The summed E-state index contributed by atoms with van der Waals surface area (Å²) in [5.74, 6) is 0. The van der Waals surface area contributed by atoms with Gasteiger partial charge in [-0.25, -0.2) is 0 Å². The monoisotopic (exact) mass is 337 g/mol. The predicted octanol–water partition coefficient (Wildman–Crippen LogP) is 1.98. The SMILES string of the molecule is CCCCO[C@@H]1C(N)[C@@H](OC)OC2COC(c3ccccc3)O[C@H]21.